The standard InChI is InChI=1S/C11H18O/c1-9-3-5-11(6-4-9)10(2)7-8-12/h3,5,8-11H,4,6-7H2,1-2H3. The molecular formula is C11H18O. The van der Waals surface area contributed by atoms with E-state index < -0.39 is 0 Å². The van der Waals surface area contributed by atoms with Crippen LogP contribution in [0.2, 0.25) is 0 Å². The molecule has 0 radical (unpaired) electrons. The van der Waals surface area contributed by atoms with Gasteiger partial charge in [-0.2, -0.15) is 0 Å². The lowest BCUT2D eigenvalue weighted by Crippen LogP contribution is -2.14. The quantitative estimate of drug-likeness (QED) is 0.465. The first-order chi connectivity index (χ1) is 5.74. The predicted octanol–water partition coefficient (Wildman–Crippen LogP) is 2.81. The van der Waals surface area contributed by atoms with E-state index in [1.165, 1.54) is 12.8 Å². The van der Waals surface area contributed by atoms with Crippen LogP contribution in [0.15, 0.2) is 12.2 Å². The van der Waals surface area contributed by atoms with Gasteiger partial charge in [-0.3, -0.25) is 0 Å². The van der Waals surface area contributed by atoms with Crippen molar-refractivity contribution in [2.75, 3.05) is 0 Å². The SMILES string of the molecule is CC1C=CC(C(C)CC=O)CC1. The molecule has 0 spiro atoms. The number of hydrogen-bond acceptors (Lipinski definition) is 1. The van der Waals surface area contributed by atoms with Crippen LogP contribution in [0, 0.1) is 17.8 Å². The molecule has 1 nitrogen and oxygen atoms in total. The zero-order valence-electron chi connectivity index (χ0n) is 7.99. The Bertz CT molecular complexity index is 172. The first-order valence-electron chi connectivity index (χ1n) is 4.86. The Morgan fingerprint density at radius 1 is 1.50 bits per heavy atom. The van der Waals surface area contributed by atoms with Crippen molar-refractivity contribution < 1.29 is 4.79 Å². The van der Waals surface area contributed by atoms with E-state index in [9.17, 15) is 4.79 Å². The van der Waals surface area contributed by atoms with Crippen molar-refractivity contribution in [2.24, 2.45) is 17.8 Å². The molecule has 1 aliphatic carbocycles. The Hall–Kier alpha value is -0.590. The monoisotopic (exact) mass is 166 g/mol. The zero-order chi connectivity index (χ0) is 8.97. The summed E-state index contributed by atoms with van der Waals surface area (Å²) >= 11 is 0. The number of hydrogen-bond donors (Lipinski definition) is 0. The van der Waals surface area contributed by atoms with Crippen LogP contribution >= 0.6 is 0 Å². The van der Waals surface area contributed by atoms with Crippen LogP contribution in [0.25, 0.3) is 0 Å². The summed E-state index contributed by atoms with van der Waals surface area (Å²) < 4.78 is 0. The summed E-state index contributed by atoms with van der Waals surface area (Å²) in [6, 6.07) is 0. The average molecular weight is 166 g/mol. The Labute approximate surface area is 74.9 Å². The summed E-state index contributed by atoms with van der Waals surface area (Å²) in [5.74, 6) is 1.92. The maximum atomic E-state index is 10.3. The van der Waals surface area contributed by atoms with Gasteiger partial charge in [-0.15, -0.1) is 0 Å². The molecule has 0 saturated carbocycles. The van der Waals surface area contributed by atoms with Gasteiger partial charge in [0.15, 0.2) is 0 Å². The number of allylic oxidation sites excluding steroid dienone is 2. The summed E-state index contributed by atoms with van der Waals surface area (Å²) in [6.45, 7) is 4.41. The minimum atomic E-state index is 0.534. The molecule has 12 heavy (non-hydrogen) atoms. The van der Waals surface area contributed by atoms with Crippen molar-refractivity contribution in [3.8, 4) is 0 Å². The fraction of sp³-hybridized carbons (Fsp3) is 0.727. The van der Waals surface area contributed by atoms with Gasteiger partial charge < -0.3 is 4.79 Å². The second-order valence-corrected chi connectivity index (χ2v) is 3.98. The van der Waals surface area contributed by atoms with Crippen molar-refractivity contribution in [3.63, 3.8) is 0 Å². The van der Waals surface area contributed by atoms with E-state index in [0.717, 1.165) is 12.2 Å². The number of carbonyl (C=O) groups is 1. The Morgan fingerprint density at radius 2 is 2.25 bits per heavy atom. The smallest absolute Gasteiger partial charge is 0.120 e. The highest BCUT2D eigenvalue weighted by Crippen LogP contribution is 2.28. The minimum absolute atomic E-state index is 0.534. The second-order valence-electron chi connectivity index (χ2n) is 3.98. The molecule has 0 aromatic rings. The predicted molar refractivity (Wildman–Crippen MR) is 50.9 cm³/mol. The molecule has 0 aromatic heterocycles. The highest BCUT2D eigenvalue weighted by atomic mass is 16.1. The molecule has 0 bridgehead atoms. The molecule has 3 atom stereocenters. The summed E-state index contributed by atoms with van der Waals surface area (Å²) in [4.78, 5) is 10.3. The molecule has 0 aromatic carbocycles. The molecule has 0 heterocycles. The number of carbonyl (C=O) groups excluding carboxylic acids is 1. The van der Waals surface area contributed by atoms with Gasteiger partial charge in [-0.1, -0.05) is 26.0 Å². The highest BCUT2D eigenvalue weighted by Gasteiger charge is 2.17. The topological polar surface area (TPSA) is 17.1 Å². The van der Waals surface area contributed by atoms with Crippen LogP contribution in [0.1, 0.15) is 33.1 Å². The first kappa shape index (κ1) is 9.50. The molecular weight excluding hydrogens is 148 g/mol. The lowest BCUT2D eigenvalue weighted by atomic mass is 9.81. The van der Waals surface area contributed by atoms with E-state index >= 15 is 0 Å². The van der Waals surface area contributed by atoms with Crippen LogP contribution < -0.4 is 0 Å². The van der Waals surface area contributed by atoms with Gasteiger partial charge in [-0.25, -0.2) is 0 Å². The second kappa shape index (κ2) is 4.44. The normalized spacial score (nSPS) is 31.5. The third kappa shape index (κ3) is 2.47. The average Bonchev–Trinajstić information content (AvgIpc) is 2.06. The third-order valence-electron chi connectivity index (χ3n) is 2.84. The van der Waals surface area contributed by atoms with Crippen LogP contribution in [0.4, 0.5) is 0 Å². The maximum Gasteiger partial charge on any atom is 0.120 e. The molecule has 0 aliphatic heterocycles. The molecule has 68 valence electrons. The van der Waals surface area contributed by atoms with Gasteiger partial charge in [0, 0.05) is 6.42 Å². The van der Waals surface area contributed by atoms with E-state index in [1.807, 2.05) is 0 Å². The maximum absolute atomic E-state index is 10.3. The number of aldehydes is 1. The van der Waals surface area contributed by atoms with E-state index in [1.54, 1.807) is 0 Å². The molecule has 1 aliphatic rings. The fourth-order valence-corrected chi connectivity index (χ4v) is 1.78. The van der Waals surface area contributed by atoms with Gasteiger partial charge in [0.25, 0.3) is 0 Å². The van der Waals surface area contributed by atoms with E-state index in [2.05, 4.69) is 26.0 Å². The van der Waals surface area contributed by atoms with Gasteiger partial charge in [0.2, 0.25) is 0 Å². The van der Waals surface area contributed by atoms with Gasteiger partial charge >= 0.3 is 0 Å². The van der Waals surface area contributed by atoms with Crippen LogP contribution in [-0.4, -0.2) is 6.29 Å². The van der Waals surface area contributed by atoms with Crippen LogP contribution in [0.3, 0.4) is 0 Å². The molecule has 1 rings (SSSR count). The zero-order valence-corrected chi connectivity index (χ0v) is 7.99. The number of rotatable bonds is 3. The Balaban J connectivity index is 2.42. The van der Waals surface area contributed by atoms with Gasteiger partial charge in [0.1, 0.15) is 6.29 Å². The molecule has 0 amide bonds. The lowest BCUT2D eigenvalue weighted by molar-refractivity contribution is -0.108. The summed E-state index contributed by atoms with van der Waals surface area (Å²) in [5, 5.41) is 0. The lowest BCUT2D eigenvalue weighted by Gasteiger charge is -2.24. The third-order valence-corrected chi connectivity index (χ3v) is 2.84. The van der Waals surface area contributed by atoms with E-state index in [0.29, 0.717) is 18.3 Å². The summed E-state index contributed by atoms with van der Waals surface area (Å²) in [7, 11) is 0. The molecule has 0 fully saturated rings. The van der Waals surface area contributed by atoms with Crippen molar-refractivity contribution in [3.05, 3.63) is 12.2 Å². The van der Waals surface area contributed by atoms with Crippen LogP contribution in [-0.2, 0) is 4.79 Å². The fourth-order valence-electron chi connectivity index (χ4n) is 1.78. The minimum Gasteiger partial charge on any atom is -0.303 e. The molecule has 0 N–H and O–H groups in total. The Morgan fingerprint density at radius 3 is 2.75 bits per heavy atom. The highest BCUT2D eigenvalue weighted by molar-refractivity contribution is 5.49. The molecule has 0 saturated heterocycles. The van der Waals surface area contributed by atoms with Crippen molar-refractivity contribution in [1.82, 2.24) is 0 Å². The van der Waals surface area contributed by atoms with E-state index in [4.69, 9.17) is 0 Å². The van der Waals surface area contributed by atoms with Gasteiger partial charge in [-0.05, 0) is 30.6 Å². The van der Waals surface area contributed by atoms with Crippen molar-refractivity contribution in [2.45, 2.75) is 33.1 Å². The van der Waals surface area contributed by atoms with E-state index in [-0.39, 0.29) is 0 Å². The van der Waals surface area contributed by atoms with Gasteiger partial charge in [0.05, 0.1) is 0 Å². The molecule has 3 unspecified atom stereocenters. The van der Waals surface area contributed by atoms with Crippen LogP contribution in [0.5, 0.6) is 0 Å². The molecule has 1 heteroatoms. The Kier molecular flexibility index (Phi) is 3.51. The summed E-state index contributed by atoms with van der Waals surface area (Å²) in [6.07, 6.45) is 8.87. The summed E-state index contributed by atoms with van der Waals surface area (Å²) in [5.41, 5.74) is 0. The van der Waals surface area contributed by atoms with Crippen molar-refractivity contribution >= 4 is 6.29 Å². The largest absolute Gasteiger partial charge is 0.303 e. The van der Waals surface area contributed by atoms with Crippen molar-refractivity contribution in [1.29, 1.82) is 0 Å². The first-order valence-corrected chi connectivity index (χ1v) is 4.86.